The molecule has 0 spiro atoms. The number of carbonyl (C=O) groups is 4. The van der Waals surface area contributed by atoms with E-state index in [1.165, 1.54) is 14.2 Å². The molecule has 0 aliphatic rings. The largest absolute Gasteiger partial charge is 0.453 e. The molecule has 4 amide bonds. The van der Waals surface area contributed by atoms with E-state index in [9.17, 15) is 19.2 Å². The highest BCUT2D eigenvalue weighted by Crippen LogP contribution is 2.31. The molecule has 4 unspecified atom stereocenters. The molecule has 0 saturated carbocycles. The van der Waals surface area contributed by atoms with Crippen molar-refractivity contribution in [3.8, 4) is 33.8 Å². The molecule has 0 radical (unpaired) electrons. The Morgan fingerprint density at radius 3 is 1.09 bits per heavy atom. The SMILES string of the molecule is COC(=O)NC(C(=O)NC(c1ncc(-c2ccc(-c3ccc(-c4cnc(C(NC(=O)C(NC(=O)OC)C(C)C)C(C)C)o4)cc3)cc2)o1)C(C)C)C(C)C. The fourth-order valence-corrected chi connectivity index (χ4v) is 5.74. The van der Waals surface area contributed by atoms with Crippen molar-refractivity contribution in [1.29, 1.82) is 0 Å². The maximum Gasteiger partial charge on any atom is 0.407 e. The number of nitrogens with one attached hydrogen (secondary N) is 4. The minimum absolute atomic E-state index is 0.0443. The summed E-state index contributed by atoms with van der Waals surface area (Å²) in [7, 11) is 2.50. The van der Waals surface area contributed by atoms with Crippen LogP contribution in [0.3, 0.4) is 0 Å². The first kappa shape index (κ1) is 41.1. The molecule has 0 saturated heterocycles. The molecule has 0 fully saturated rings. The van der Waals surface area contributed by atoms with Crippen LogP contribution >= 0.6 is 0 Å². The lowest BCUT2D eigenvalue weighted by atomic mass is 10.0. The first-order valence-electron chi connectivity index (χ1n) is 18.1. The molecule has 2 heterocycles. The third kappa shape index (κ3) is 10.3. The number of nitrogens with zero attached hydrogens (tertiary/aromatic N) is 2. The number of oxazole rings is 2. The Morgan fingerprint density at radius 2 is 0.815 bits per heavy atom. The molecule has 4 rings (SSSR count). The summed E-state index contributed by atoms with van der Waals surface area (Å²) in [6.45, 7) is 15.2. The summed E-state index contributed by atoms with van der Waals surface area (Å²) in [5.41, 5.74) is 3.60. The zero-order chi connectivity index (χ0) is 39.7. The lowest BCUT2D eigenvalue weighted by Crippen LogP contribution is -2.51. The van der Waals surface area contributed by atoms with Crippen molar-refractivity contribution in [3.05, 3.63) is 72.7 Å². The number of carbonyl (C=O) groups excluding carboxylic acids is 4. The van der Waals surface area contributed by atoms with Gasteiger partial charge in [0.1, 0.15) is 24.2 Å². The molecule has 14 nitrogen and oxygen atoms in total. The molecule has 0 bridgehead atoms. The van der Waals surface area contributed by atoms with Crippen molar-refractivity contribution in [2.24, 2.45) is 23.7 Å². The minimum atomic E-state index is -0.790. The molecular weight excluding hydrogens is 692 g/mol. The maximum atomic E-state index is 13.1. The Morgan fingerprint density at radius 1 is 0.500 bits per heavy atom. The van der Waals surface area contributed by atoms with Gasteiger partial charge in [-0.3, -0.25) is 9.59 Å². The van der Waals surface area contributed by atoms with Crippen LogP contribution in [0.5, 0.6) is 0 Å². The molecule has 0 aliphatic carbocycles. The first-order chi connectivity index (χ1) is 25.6. The van der Waals surface area contributed by atoms with Gasteiger partial charge in [0.2, 0.25) is 23.6 Å². The molecule has 4 N–H and O–H groups in total. The van der Waals surface area contributed by atoms with Crippen LogP contribution in [0.1, 0.15) is 79.3 Å². The second-order valence-corrected chi connectivity index (χ2v) is 14.5. The zero-order valence-electron chi connectivity index (χ0n) is 32.6. The van der Waals surface area contributed by atoms with Crippen molar-refractivity contribution in [1.82, 2.24) is 31.2 Å². The summed E-state index contributed by atoms with van der Waals surface area (Å²) >= 11 is 0. The van der Waals surface area contributed by atoms with E-state index >= 15 is 0 Å². The van der Waals surface area contributed by atoms with E-state index in [1.54, 1.807) is 12.4 Å². The van der Waals surface area contributed by atoms with E-state index in [0.29, 0.717) is 23.3 Å². The first-order valence-corrected chi connectivity index (χ1v) is 18.1. The summed E-state index contributed by atoms with van der Waals surface area (Å²) in [5.74, 6) is 0.678. The van der Waals surface area contributed by atoms with Crippen molar-refractivity contribution in [2.75, 3.05) is 14.2 Å². The normalized spacial score (nSPS) is 13.7. The highest BCUT2D eigenvalue weighted by Gasteiger charge is 2.32. The molecule has 2 aromatic heterocycles. The fraction of sp³-hybridized carbons (Fsp3) is 0.450. The Labute approximate surface area is 316 Å². The van der Waals surface area contributed by atoms with Gasteiger partial charge in [0.15, 0.2) is 11.5 Å². The fourth-order valence-electron chi connectivity index (χ4n) is 5.74. The Balaban J connectivity index is 1.45. The van der Waals surface area contributed by atoms with Crippen LogP contribution in [0.2, 0.25) is 0 Å². The van der Waals surface area contributed by atoms with Gasteiger partial charge >= 0.3 is 12.2 Å². The Kier molecular flexibility index (Phi) is 14.0. The second kappa shape index (κ2) is 18.4. The summed E-state index contributed by atoms with van der Waals surface area (Å²) in [5, 5.41) is 11.1. The monoisotopic (exact) mass is 744 g/mol. The van der Waals surface area contributed by atoms with Gasteiger partial charge in [0.25, 0.3) is 0 Å². The van der Waals surface area contributed by atoms with Crippen LogP contribution in [-0.2, 0) is 19.1 Å². The van der Waals surface area contributed by atoms with Gasteiger partial charge in [-0.05, 0) is 34.8 Å². The van der Waals surface area contributed by atoms with Crippen LogP contribution in [0.25, 0.3) is 33.8 Å². The third-order valence-electron chi connectivity index (χ3n) is 9.00. The molecule has 290 valence electrons. The van der Waals surface area contributed by atoms with Gasteiger partial charge in [0.05, 0.1) is 26.6 Å². The lowest BCUT2D eigenvalue weighted by molar-refractivity contribution is -0.126. The minimum Gasteiger partial charge on any atom is -0.453 e. The van der Waals surface area contributed by atoms with Crippen LogP contribution in [0.4, 0.5) is 9.59 Å². The number of amides is 4. The number of ether oxygens (including phenoxy) is 2. The van der Waals surface area contributed by atoms with Crippen molar-refractivity contribution < 1.29 is 37.5 Å². The number of hydrogen-bond acceptors (Lipinski definition) is 10. The third-order valence-corrected chi connectivity index (χ3v) is 9.00. The number of methoxy groups -OCH3 is 2. The van der Waals surface area contributed by atoms with Gasteiger partial charge < -0.3 is 39.6 Å². The van der Waals surface area contributed by atoms with Crippen LogP contribution < -0.4 is 21.3 Å². The standard InChI is InChI=1S/C40H52N6O8/c1-21(2)31(45-39(49)51-9)35(47)43-33(23(5)6)37-41-19-29(53-37)27-15-11-25(12-16-27)26-13-17-28(18-14-26)30-20-42-38(54-30)34(24(7)8)44-36(48)32(22(3)4)46-40(50)52-10/h11-24,31-34H,1-10H3,(H,43,47)(H,44,48)(H,45,49)(H,46,50). The van der Waals surface area contributed by atoms with Crippen LogP contribution in [0.15, 0.2) is 69.8 Å². The van der Waals surface area contributed by atoms with Gasteiger partial charge in [-0.2, -0.15) is 0 Å². The number of rotatable bonds is 15. The predicted molar refractivity (Wildman–Crippen MR) is 203 cm³/mol. The number of hydrogen-bond donors (Lipinski definition) is 4. The number of aromatic nitrogens is 2. The quantitative estimate of drug-likeness (QED) is 0.0982. The van der Waals surface area contributed by atoms with E-state index in [2.05, 4.69) is 40.7 Å². The van der Waals surface area contributed by atoms with E-state index < -0.39 is 36.4 Å². The van der Waals surface area contributed by atoms with Crippen molar-refractivity contribution in [2.45, 2.75) is 79.6 Å². The smallest absolute Gasteiger partial charge is 0.407 e. The summed E-state index contributed by atoms with van der Waals surface area (Å²) in [6.07, 6.45) is 1.91. The van der Waals surface area contributed by atoms with E-state index in [-0.39, 0.29) is 35.5 Å². The number of alkyl carbamates (subject to hydrolysis) is 2. The Bertz CT molecular complexity index is 1730. The lowest BCUT2D eigenvalue weighted by Gasteiger charge is -2.25. The average molecular weight is 745 g/mol. The summed E-state index contributed by atoms with van der Waals surface area (Å²) in [4.78, 5) is 58.9. The molecule has 4 aromatic rings. The van der Waals surface area contributed by atoms with Gasteiger partial charge in [0, 0.05) is 11.1 Å². The zero-order valence-corrected chi connectivity index (χ0v) is 32.6. The molecule has 0 aliphatic heterocycles. The van der Waals surface area contributed by atoms with Crippen LogP contribution in [-0.4, -0.2) is 60.3 Å². The second-order valence-electron chi connectivity index (χ2n) is 14.5. The van der Waals surface area contributed by atoms with Gasteiger partial charge in [-0.15, -0.1) is 0 Å². The highest BCUT2D eigenvalue weighted by atomic mass is 16.5. The summed E-state index contributed by atoms with van der Waals surface area (Å²) < 4.78 is 21.7. The van der Waals surface area contributed by atoms with Gasteiger partial charge in [-0.25, -0.2) is 19.6 Å². The van der Waals surface area contributed by atoms with Crippen LogP contribution in [0, 0.1) is 23.7 Å². The Hall–Kier alpha value is -5.66. The molecule has 2 aromatic carbocycles. The van der Waals surface area contributed by atoms with E-state index in [0.717, 1.165) is 22.3 Å². The number of benzene rings is 2. The van der Waals surface area contributed by atoms with Gasteiger partial charge in [-0.1, -0.05) is 104 Å². The topological polar surface area (TPSA) is 187 Å². The molecule has 4 atom stereocenters. The predicted octanol–water partition coefficient (Wildman–Crippen LogP) is 7.05. The van der Waals surface area contributed by atoms with Crippen molar-refractivity contribution >= 4 is 24.0 Å². The highest BCUT2D eigenvalue weighted by molar-refractivity contribution is 5.87. The van der Waals surface area contributed by atoms with E-state index in [1.807, 2.05) is 104 Å². The maximum absolute atomic E-state index is 13.1. The molecule has 14 heteroatoms. The average Bonchev–Trinajstić information content (AvgIpc) is 3.84. The summed E-state index contributed by atoms with van der Waals surface area (Å²) in [6, 6.07) is 13.1. The van der Waals surface area contributed by atoms with Crippen molar-refractivity contribution in [3.63, 3.8) is 0 Å². The van der Waals surface area contributed by atoms with E-state index in [4.69, 9.17) is 8.83 Å². The molecular formula is C40H52N6O8. The molecule has 54 heavy (non-hydrogen) atoms.